The lowest BCUT2D eigenvalue weighted by atomic mass is 10.1. The zero-order valence-electron chi connectivity index (χ0n) is 13.6. The van der Waals surface area contributed by atoms with E-state index in [0.29, 0.717) is 0 Å². The topological polar surface area (TPSA) is 0 Å². The van der Waals surface area contributed by atoms with Crippen molar-refractivity contribution in [1.82, 2.24) is 0 Å². The summed E-state index contributed by atoms with van der Waals surface area (Å²) in [6.45, 7) is 4.31. The van der Waals surface area contributed by atoms with Crippen LogP contribution in [0.3, 0.4) is 0 Å². The van der Waals surface area contributed by atoms with Crippen molar-refractivity contribution in [3.8, 4) is 22.3 Å². The van der Waals surface area contributed by atoms with E-state index in [1.54, 1.807) is 0 Å². The average molecular weight is 345 g/mol. The molecule has 116 valence electrons. The predicted molar refractivity (Wildman–Crippen MR) is 107 cm³/mol. The van der Waals surface area contributed by atoms with Crippen LogP contribution in [-0.2, 0) is 0 Å². The molecule has 0 aliphatic carbocycles. The highest BCUT2D eigenvalue weighted by molar-refractivity contribution is 7.19. The number of thiophene rings is 2. The summed E-state index contributed by atoms with van der Waals surface area (Å²) in [5, 5.41) is 1.27. The third kappa shape index (κ3) is 2.78. The Labute approximate surface area is 150 Å². The first kappa shape index (κ1) is 15.2. The maximum Gasteiger partial charge on any atom is 0.0464 e. The standard InChI is InChI=1S/C22H16S2/c1-15-18(14-22(23-15)17-8-4-3-5-9-17)12-13-19-16(2)24-21-11-7-6-10-20(19)21/h3-11,14H,1-2H3. The van der Waals surface area contributed by atoms with Gasteiger partial charge in [-0.2, -0.15) is 0 Å². The molecule has 0 aliphatic rings. The largest absolute Gasteiger partial charge is 0.139 e. The van der Waals surface area contributed by atoms with Crippen molar-refractivity contribution in [2.45, 2.75) is 13.8 Å². The second kappa shape index (κ2) is 6.28. The highest BCUT2D eigenvalue weighted by atomic mass is 32.1. The van der Waals surface area contributed by atoms with Crippen molar-refractivity contribution in [2.24, 2.45) is 0 Å². The first-order valence-electron chi connectivity index (χ1n) is 7.88. The normalized spacial score (nSPS) is 10.6. The third-order valence-electron chi connectivity index (χ3n) is 4.07. The quantitative estimate of drug-likeness (QED) is 0.339. The number of fused-ring (bicyclic) bond motifs is 1. The Morgan fingerprint density at radius 3 is 2.33 bits per heavy atom. The molecule has 0 spiro atoms. The van der Waals surface area contributed by atoms with E-state index in [1.165, 1.54) is 35.8 Å². The lowest BCUT2D eigenvalue weighted by Gasteiger charge is -1.93. The van der Waals surface area contributed by atoms with Gasteiger partial charge in [0.05, 0.1) is 0 Å². The van der Waals surface area contributed by atoms with Gasteiger partial charge >= 0.3 is 0 Å². The molecule has 0 saturated heterocycles. The SMILES string of the molecule is Cc1sc(-c2ccccc2)cc1C#Cc1c(C)sc2ccccc12. The van der Waals surface area contributed by atoms with Gasteiger partial charge in [-0.25, -0.2) is 0 Å². The first-order chi connectivity index (χ1) is 11.7. The molecule has 0 saturated carbocycles. The van der Waals surface area contributed by atoms with Crippen LogP contribution in [0.25, 0.3) is 20.5 Å². The Morgan fingerprint density at radius 1 is 0.750 bits per heavy atom. The molecule has 0 nitrogen and oxygen atoms in total. The van der Waals surface area contributed by atoms with E-state index in [9.17, 15) is 0 Å². The van der Waals surface area contributed by atoms with E-state index < -0.39 is 0 Å². The summed E-state index contributed by atoms with van der Waals surface area (Å²) in [5.74, 6) is 6.83. The molecule has 4 rings (SSSR count). The van der Waals surface area contributed by atoms with Gasteiger partial charge in [0, 0.05) is 35.8 Å². The predicted octanol–water partition coefficient (Wildman–Crippen LogP) is 6.65. The van der Waals surface area contributed by atoms with Gasteiger partial charge in [-0.1, -0.05) is 60.4 Å². The van der Waals surface area contributed by atoms with Crippen LogP contribution in [0.2, 0.25) is 0 Å². The number of aryl methyl sites for hydroxylation is 2. The van der Waals surface area contributed by atoms with E-state index in [2.05, 4.69) is 86.4 Å². The minimum Gasteiger partial charge on any atom is -0.139 e. The number of benzene rings is 2. The summed E-state index contributed by atoms with van der Waals surface area (Å²) >= 11 is 3.63. The smallest absolute Gasteiger partial charge is 0.0464 e. The summed E-state index contributed by atoms with van der Waals surface area (Å²) in [6, 6.07) is 21.2. The van der Waals surface area contributed by atoms with Gasteiger partial charge in [0.25, 0.3) is 0 Å². The molecule has 0 bridgehead atoms. The summed E-state index contributed by atoms with van der Waals surface area (Å²) in [6.07, 6.45) is 0. The van der Waals surface area contributed by atoms with Crippen LogP contribution in [0.5, 0.6) is 0 Å². The third-order valence-corrected chi connectivity index (χ3v) is 6.26. The van der Waals surface area contributed by atoms with Crippen molar-refractivity contribution in [3.05, 3.63) is 81.5 Å². The minimum atomic E-state index is 1.13. The molecule has 0 aliphatic heterocycles. The fourth-order valence-corrected chi connectivity index (χ4v) is 4.80. The van der Waals surface area contributed by atoms with E-state index in [-0.39, 0.29) is 0 Å². The van der Waals surface area contributed by atoms with Gasteiger partial charge in [0.1, 0.15) is 0 Å². The molecule has 0 unspecified atom stereocenters. The van der Waals surface area contributed by atoms with Crippen molar-refractivity contribution < 1.29 is 0 Å². The van der Waals surface area contributed by atoms with Crippen LogP contribution in [0.15, 0.2) is 60.7 Å². The maximum absolute atomic E-state index is 3.42. The van der Waals surface area contributed by atoms with Gasteiger partial charge in [-0.15, -0.1) is 22.7 Å². The second-order valence-corrected chi connectivity index (χ2v) is 8.24. The van der Waals surface area contributed by atoms with Crippen LogP contribution >= 0.6 is 22.7 Å². The molecular formula is C22H16S2. The van der Waals surface area contributed by atoms with E-state index in [0.717, 1.165) is 5.56 Å². The van der Waals surface area contributed by atoms with Crippen LogP contribution in [0.4, 0.5) is 0 Å². The minimum absolute atomic E-state index is 1.13. The molecule has 2 heterocycles. The Hall–Kier alpha value is -2.34. The Balaban J connectivity index is 1.76. The van der Waals surface area contributed by atoms with Gasteiger partial charge in [0.15, 0.2) is 0 Å². The van der Waals surface area contributed by atoms with E-state index in [4.69, 9.17) is 0 Å². The summed E-state index contributed by atoms with van der Waals surface area (Å²) in [7, 11) is 0. The molecule has 0 N–H and O–H groups in total. The molecule has 2 aromatic carbocycles. The monoisotopic (exact) mass is 344 g/mol. The van der Waals surface area contributed by atoms with Crippen molar-refractivity contribution in [3.63, 3.8) is 0 Å². The van der Waals surface area contributed by atoms with Gasteiger partial charge in [-0.3, -0.25) is 0 Å². The number of rotatable bonds is 1. The molecule has 0 amide bonds. The Morgan fingerprint density at radius 2 is 1.50 bits per heavy atom. The molecule has 24 heavy (non-hydrogen) atoms. The van der Waals surface area contributed by atoms with Crippen LogP contribution in [0.1, 0.15) is 20.9 Å². The van der Waals surface area contributed by atoms with Gasteiger partial charge < -0.3 is 0 Å². The highest BCUT2D eigenvalue weighted by Crippen LogP contribution is 2.32. The van der Waals surface area contributed by atoms with Gasteiger partial charge in [-0.05, 0) is 31.5 Å². The zero-order valence-corrected chi connectivity index (χ0v) is 15.2. The fraction of sp³-hybridized carbons (Fsp3) is 0.0909. The summed E-state index contributed by atoms with van der Waals surface area (Å²) in [4.78, 5) is 3.85. The van der Waals surface area contributed by atoms with Crippen LogP contribution in [0, 0.1) is 25.7 Å². The number of hydrogen-bond acceptors (Lipinski definition) is 2. The Kier molecular flexibility index (Phi) is 3.98. The fourth-order valence-electron chi connectivity index (χ4n) is 2.80. The Bertz CT molecular complexity index is 1070. The lowest BCUT2D eigenvalue weighted by Crippen LogP contribution is -1.76. The molecule has 0 atom stereocenters. The highest BCUT2D eigenvalue weighted by Gasteiger charge is 2.07. The van der Waals surface area contributed by atoms with E-state index >= 15 is 0 Å². The maximum atomic E-state index is 3.42. The van der Waals surface area contributed by atoms with Crippen molar-refractivity contribution >= 4 is 32.8 Å². The average Bonchev–Trinajstić information content (AvgIpc) is 3.13. The van der Waals surface area contributed by atoms with Gasteiger partial charge in [0.2, 0.25) is 0 Å². The second-order valence-electron chi connectivity index (χ2n) is 5.73. The molecular weight excluding hydrogens is 328 g/mol. The van der Waals surface area contributed by atoms with E-state index in [1.807, 2.05) is 22.7 Å². The molecule has 2 heteroatoms. The molecule has 2 aromatic heterocycles. The van der Waals surface area contributed by atoms with Crippen molar-refractivity contribution in [1.29, 1.82) is 0 Å². The molecule has 0 fully saturated rings. The number of hydrogen-bond donors (Lipinski definition) is 0. The van der Waals surface area contributed by atoms with Crippen LogP contribution < -0.4 is 0 Å². The summed E-state index contributed by atoms with van der Waals surface area (Å²) < 4.78 is 1.31. The molecule has 4 aromatic rings. The molecule has 0 radical (unpaired) electrons. The first-order valence-corrected chi connectivity index (χ1v) is 9.51. The zero-order chi connectivity index (χ0) is 16.5. The van der Waals surface area contributed by atoms with Crippen LogP contribution in [-0.4, -0.2) is 0 Å². The summed E-state index contributed by atoms with van der Waals surface area (Å²) in [5.41, 5.74) is 3.56. The lowest BCUT2D eigenvalue weighted by molar-refractivity contribution is 1.57. The van der Waals surface area contributed by atoms with Crippen molar-refractivity contribution in [2.75, 3.05) is 0 Å².